The van der Waals surface area contributed by atoms with Crippen LogP contribution in [0.25, 0.3) is 10.6 Å². The molecule has 2 aromatic carbocycles. The number of hydrogen-bond acceptors (Lipinski definition) is 4. The van der Waals surface area contributed by atoms with E-state index in [4.69, 9.17) is 4.74 Å². The van der Waals surface area contributed by atoms with Crippen LogP contribution in [0.5, 0.6) is 5.75 Å². The summed E-state index contributed by atoms with van der Waals surface area (Å²) in [5, 5.41) is 2.57. The van der Waals surface area contributed by atoms with Crippen molar-refractivity contribution >= 4 is 17.2 Å². The molecule has 4 nitrogen and oxygen atoms in total. The van der Waals surface area contributed by atoms with Crippen molar-refractivity contribution in [3.8, 4) is 16.3 Å². The van der Waals surface area contributed by atoms with Crippen molar-refractivity contribution in [3.63, 3.8) is 0 Å². The number of thiazole rings is 1. The first-order chi connectivity index (χ1) is 13.1. The molecular formula is C21H21FN2O2S. The van der Waals surface area contributed by atoms with Gasteiger partial charge in [0, 0.05) is 29.6 Å². The molecule has 1 heterocycles. The standard InChI is InChI=1S/C21H21FN2O2S/c1-3-24(4-2)21(25)19-14-27-20(23-19)15-9-11-17(12-10-15)26-13-16-7-5-6-8-18(16)22/h5-12,14H,3-4,13H2,1-2H3. The van der Waals surface area contributed by atoms with E-state index < -0.39 is 0 Å². The lowest BCUT2D eigenvalue weighted by Gasteiger charge is -2.16. The highest BCUT2D eigenvalue weighted by Gasteiger charge is 2.16. The number of hydrogen-bond donors (Lipinski definition) is 0. The number of carbonyl (C=O) groups is 1. The van der Waals surface area contributed by atoms with E-state index in [1.807, 2.05) is 38.1 Å². The van der Waals surface area contributed by atoms with Crippen molar-refractivity contribution < 1.29 is 13.9 Å². The van der Waals surface area contributed by atoms with Gasteiger partial charge in [0.25, 0.3) is 5.91 Å². The third kappa shape index (κ3) is 4.52. The maximum Gasteiger partial charge on any atom is 0.273 e. The second kappa shape index (κ2) is 8.77. The number of benzene rings is 2. The van der Waals surface area contributed by atoms with Gasteiger partial charge in [-0.15, -0.1) is 11.3 Å². The van der Waals surface area contributed by atoms with E-state index >= 15 is 0 Å². The van der Waals surface area contributed by atoms with Gasteiger partial charge in [0.15, 0.2) is 0 Å². The topological polar surface area (TPSA) is 42.4 Å². The Kier molecular flexibility index (Phi) is 6.19. The second-order valence-electron chi connectivity index (χ2n) is 5.92. The Bertz CT molecular complexity index is 905. The number of amides is 1. The summed E-state index contributed by atoms with van der Waals surface area (Å²) in [5.41, 5.74) is 1.90. The van der Waals surface area contributed by atoms with Gasteiger partial charge in [0.1, 0.15) is 28.9 Å². The van der Waals surface area contributed by atoms with Gasteiger partial charge in [-0.2, -0.15) is 0 Å². The molecule has 0 fully saturated rings. The van der Waals surface area contributed by atoms with Gasteiger partial charge >= 0.3 is 0 Å². The largest absolute Gasteiger partial charge is 0.489 e. The summed E-state index contributed by atoms with van der Waals surface area (Å²) in [4.78, 5) is 18.6. The maximum absolute atomic E-state index is 13.6. The fourth-order valence-electron chi connectivity index (χ4n) is 2.65. The van der Waals surface area contributed by atoms with Crippen molar-refractivity contribution in [1.82, 2.24) is 9.88 Å². The molecule has 0 spiro atoms. The van der Waals surface area contributed by atoms with Gasteiger partial charge in [0.2, 0.25) is 0 Å². The molecule has 0 N–H and O–H groups in total. The molecule has 140 valence electrons. The third-order valence-electron chi connectivity index (χ3n) is 4.23. The van der Waals surface area contributed by atoms with Crippen molar-refractivity contribution in [1.29, 1.82) is 0 Å². The second-order valence-corrected chi connectivity index (χ2v) is 6.78. The van der Waals surface area contributed by atoms with E-state index in [1.165, 1.54) is 17.4 Å². The molecule has 0 aliphatic rings. The molecule has 6 heteroatoms. The van der Waals surface area contributed by atoms with E-state index in [0.29, 0.717) is 30.1 Å². The molecule has 0 bridgehead atoms. The molecule has 0 atom stereocenters. The minimum atomic E-state index is -0.276. The average molecular weight is 384 g/mol. The third-order valence-corrected chi connectivity index (χ3v) is 5.12. The molecular weight excluding hydrogens is 363 g/mol. The van der Waals surface area contributed by atoms with Crippen LogP contribution in [-0.4, -0.2) is 28.9 Å². The molecule has 0 saturated carbocycles. The number of ether oxygens (including phenoxy) is 1. The van der Waals surface area contributed by atoms with Crippen LogP contribution in [0, 0.1) is 5.82 Å². The summed E-state index contributed by atoms with van der Waals surface area (Å²) < 4.78 is 19.3. The first kappa shape index (κ1) is 19.0. The van der Waals surface area contributed by atoms with Gasteiger partial charge < -0.3 is 9.64 Å². The highest BCUT2D eigenvalue weighted by molar-refractivity contribution is 7.13. The van der Waals surface area contributed by atoms with Crippen molar-refractivity contribution in [2.24, 2.45) is 0 Å². The average Bonchev–Trinajstić information content (AvgIpc) is 3.19. The van der Waals surface area contributed by atoms with E-state index in [1.54, 1.807) is 28.5 Å². The quantitative estimate of drug-likeness (QED) is 0.575. The van der Waals surface area contributed by atoms with E-state index in [-0.39, 0.29) is 18.3 Å². The number of nitrogens with zero attached hydrogens (tertiary/aromatic N) is 2. The van der Waals surface area contributed by atoms with Crippen molar-refractivity contribution in [2.75, 3.05) is 13.1 Å². The summed E-state index contributed by atoms with van der Waals surface area (Å²) in [5.74, 6) is 0.327. The van der Waals surface area contributed by atoms with Crippen LogP contribution < -0.4 is 4.74 Å². The van der Waals surface area contributed by atoms with Crippen LogP contribution in [0.1, 0.15) is 29.9 Å². The van der Waals surface area contributed by atoms with Crippen molar-refractivity contribution in [2.45, 2.75) is 20.5 Å². The maximum atomic E-state index is 13.6. The summed E-state index contributed by atoms with van der Waals surface area (Å²) in [6.45, 7) is 5.40. The van der Waals surface area contributed by atoms with Crippen LogP contribution in [0.4, 0.5) is 4.39 Å². The predicted octanol–water partition coefficient (Wildman–Crippen LogP) is 5.01. The molecule has 0 aliphatic heterocycles. The molecule has 1 amide bonds. The summed E-state index contributed by atoms with van der Waals surface area (Å²) in [6, 6.07) is 14.0. The van der Waals surface area contributed by atoms with Crippen LogP contribution in [-0.2, 0) is 6.61 Å². The van der Waals surface area contributed by atoms with Crippen LogP contribution in [0.15, 0.2) is 53.9 Å². The molecule has 0 saturated heterocycles. The van der Waals surface area contributed by atoms with E-state index in [2.05, 4.69) is 4.98 Å². The lowest BCUT2D eigenvalue weighted by atomic mass is 10.2. The SMILES string of the molecule is CCN(CC)C(=O)c1csc(-c2ccc(OCc3ccccc3F)cc2)n1. The molecule has 0 radical (unpaired) electrons. The minimum absolute atomic E-state index is 0.0488. The Morgan fingerprint density at radius 3 is 2.48 bits per heavy atom. The van der Waals surface area contributed by atoms with Crippen molar-refractivity contribution in [3.05, 3.63) is 71.0 Å². The molecule has 3 aromatic rings. The predicted molar refractivity (Wildman–Crippen MR) is 106 cm³/mol. The summed E-state index contributed by atoms with van der Waals surface area (Å²) in [6.07, 6.45) is 0. The van der Waals surface area contributed by atoms with Gasteiger partial charge in [-0.3, -0.25) is 4.79 Å². The van der Waals surface area contributed by atoms with E-state index in [0.717, 1.165) is 10.6 Å². The Hall–Kier alpha value is -2.73. The number of aromatic nitrogens is 1. The molecule has 27 heavy (non-hydrogen) atoms. The Balaban J connectivity index is 1.67. The molecule has 3 rings (SSSR count). The number of carbonyl (C=O) groups excluding carboxylic acids is 1. The fraction of sp³-hybridized carbons (Fsp3) is 0.238. The molecule has 1 aromatic heterocycles. The first-order valence-electron chi connectivity index (χ1n) is 8.83. The lowest BCUT2D eigenvalue weighted by molar-refractivity contribution is 0.0768. The zero-order chi connectivity index (χ0) is 19.2. The summed E-state index contributed by atoms with van der Waals surface area (Å²) in [7, 11) is 0. The Labute approximate surface area is 162 Å². The van der Waals surface area contributed by atoms with Gasteiger partial charge in [0.05, 0.1) is 0 Å². The lowest BCUT2D eigenvalue weighted by Crippen LogP contribution is -2.30. The number of halogens is 1. The zero-order valence-corrected chi connectivity index (χ0v) is 16.1. The highest BCUT2D eigenvalue weighted by Crippen LogP contribution is 2.26. The molecule has 0 unspecified atom stereocenters. The molecule has 0 aliphatic carbocycles. The monoisotopic (exact) mass is 384 g/mol. The van der Waals surface area contributed by atoms with Crippen LogP contribution in [0.3, 0.4) is 0 Å². The normalized spacial score (nSPS) is 10.6. The van der Waals surface area contributed by atoms with Gasteiger partial charge in [-0.1, -0.05) is 18.2 Å². The highest BCUT2D eigenvalue weighted by atomic mass is 32.1. The van der Waals surface area contributed by atoms with Crippen LogP contribution in [0.2, 0.25) is 0 Å². The fourth-order valence-corrected chi connectivity index (χ4v) is 3.45. The Morgan fingerprint density at radius 1 is 1.11 bits per heavy atom. The van der Waals surface area contributed by atoms with Gasteiger partial charge in [-0.25, -0.2) is 9.37 Å². The minimum Gasteiger partial charge on any atom is -0.489 e. The summed E-state index contributed by atoms with van der Waals surface area (Å²) >= 11 is 1.44. The Morgan fingerprint density at radius 2 is 1.81 bits per heavy atom. The van der Waals surface area contributed by atoms with Gasteiger partial charge in [-0.05, 0) is 44.2 Å². The smallest absolute Gasteiger partial charge is 0.273 e. The first-order valence-corrected chi connectivity index (χ1v) is 9.71. The zero-order valence-electron chi connectivity index (χ0n) is 15.3. The van der Waals surface area contributed by atoms with Crippen LogP contribution >= 0.6 is 11.3 Å². The van der Waals surface area contributed by atoms with E-state index in [9.17, 15) is 9.18 Å². The number of rotatable bonds is 7.